The minimum absolute atomic E-state index is 0.0522. The minimum Gasteiger partial charge on any atom is -0.480 e. The van der Waals surface area contributed by atoms with Crippen molar-refractivity contribution in [3.05, 3.63) is 59.7 Å². The third-order valence-corrected chi connectivity index (χ3v) is 9.24. The maximum atomic E-state index is 13.8. The standard InChI is InChI=1S/C35H46N4O7/c1-7-22(4)31(33(42)37(5)19-30(40)39-17-16-28(39)34(43)44)36-32(41)29(18-21(2)3)38(6)35(45)46-20-27-25-14-10-8-12-23(25)24-13-9-11-15-26(24)27/h8-15,21-22,27-29,31H,7,16-20H2,1-6H3,(H,36,41)(H,43,44)/t22-,28-,29-,31-/m0/s1. The van der Waals surface area contributed by atoms with Gasteiger partial charge in [-0.2, -0.15) is 0 Å². The van der Waals surface area contributed by atoms with Gasteiger partial charge in [-0.15, -0.1) is 0 Å². The highest BCUT2D eigenvalue weighted by molar-refractivity contribution is 5.94. The summed E-state index contributed by atoms with van der Waals surface area (Å²) in [6.45, 7) is 7.75. The number of carbonyl (C=O) groups excluding carboxylic acids is 4. The Morgan fingerprint density at radius 1 is 0.978 bits per heavy atom. The zero-order chi connectivity index (χ0) is 33.7. The summed E-state index contributed by atoms with van der Waals surface area (Å²) in [6.07, 6.45) is 0.647. The van der Waals surface area contributed by atoms with Gasteiger partial charge in [-0.3, -0.25) is 19.3 Å². The van der Waals surface area contributed by atoms with Crippen molar-refractivity contribution >= 4 is 29.8 Å². The van der Waals surface area contributed by atoms with Crippen molar-refractivity contribution in [3.63, 3.8) is 0 Å². The Labute approximate surface area is 270 Å². The van der Waals surface area contributed by atoms with Crippen molar-refractivity contribution in [1.29, 1.82) is 0 Å². The third-order valence-electron chi connectivity index (χ3n) is 9.24. The summed E-state index contributed by atoms with van der Waals surface area (Å²) in [5.41, 5.74) is 4.40. The maximum Gasteiger partial charge on any atom is 0.410 e. The molecule has 0 unspecified atom stereocenters. The Kier molecular flexibility index (Phi) is 11.1. The number of nitrogens with zero attached hydrogens (tertiary/aromatic N) is 3. The van der Waals surface area contributed by atoms with Crippen LogP contribution in [0.1, 0.15) is 64.0 Å². The van der Waals surface area contributed by atoms with E-state index in [0.29, 0.717) is 25.8 Å². The number of likely N-dealkylation sites (tertiary alicyclic amines) is 1. The molecule has 248 valence electrons. The van der Waals surface area contributed by atoms with Gasteiger partial charge in [-0.25, -0.2) is 9.59 Å². The van der Waals surface area contributed by atoms with Crippen molar-refractivity contribution in [2.45, 2.75) is 71.0 Å². The molecule has 0 saturated carbocycles. The highest BCUT2D eigenvalue weighted by atomic mass is 16.6. The molecule has 1 fully saturated rings. The van der Waals surface area contributed by atoms with Crippen LogP contribution >= 0.6 is 0 Å². The van der Waals surface area contributed by atoms with Gasteiger partial charge in [0.05, 0.1) is 6.54 Å². The highest BCUT2D eigenvalue weighted by Gasteiger charge is 2.40. The first-order valence-electron chi connectivity index (χ1n) is 16.0. The second-order valence-electron chi connectivity index (χ2n) is 12.9. The molecule has 11 nitrogen and oxygen atoms in total. The van der Waals surface area contributed by atoms with Crippen LogP contribution in [0.3, 0.4) is 0 Å². The van der Waals surface area contributed by atoms with E-state index in [1.54, 1.807) is 0 Å². The van der Waals surface area contributed by atoms with E-state index in [9.17, 15) is 29.1 Å². The normalized spacial score (nSPS) is 17.2. The van der Waals surface area contributed by atoms with E-state index in [2.05, 4.69) is 17.4 Å². The molecule has 4 atom stereocenters. The lowest BCUT2D eigenvalue weighted by Crippen LogP contribution is -2.59. The molecule has 0 aromatic heterocycles. The number of ether oxygens (including phenoxy) is 1. The van der Waals surface area contributed by atoms with Crippen LogP contribution in [-0.2, 0) is 23.9 Å². The monoisotopic (exact) mass is 634 g/mol. The van der Waals surface area contributed by atoms with Gasteiger partial charge in [-0.1, -0.05) is 82.6 Å². The van der Waals surface area contributed by atoms with Crippen LogP contribution < -0.4 is 5.32 Å². The second kappa shape index (κ2) is 14.8. The van der Waals surface area contributed by atoms with Crippen LogP contribution in [0.25, 0.3) is 11.1 Å². The number of nitrogens with one attached hydrogen (secondary N) is 1. The molecule has 4 amide bonds. The van der Waals surface area contributed by atoms with Crippen LogP contribution in [0.4, 0.5) is 4.79 Å². The Bertz CT molecular complexity index is 1410. The zero-order valence-electron chi connectivity index (χ0n) is 27.6. The number of carbonyl (C=O) groups is 5. The summed E-state index contributed by atoms with van der Waals surface area (Å²) in [6, 6.07) is 13.4. The molecule has 1 saturated heterocycles. The largest absolute Gasteiger partial charge is 0.480 e. The number of aliphatic carboxylic acids is 1. The molecule has 2 aromatic carbocycles. The molecule has 46 heavy (non-hydrogen) atoms. The molecular formula is C35H46N4O7. The van der Waals surface area contributed by atoms with Crippen LogP contribution in [0, 0.1) is 11.8 Å². The smallest absolute Gasteiger partial charge is 0.410 e. The molecule has 1 aliphatic heterocycles. The number of benzene rings is 2. The SMILES string of the molecule is CC[C@H](C)[C@H](NC(=O)[C@H](CC(C)C)N(C)C(=O)OCC1c2ccccc2-c2ccccc21)C(=O)N(C)CC(=O)N1CC[C@H]1C(=O)O. The fourth-order valence-corrected chi connectivity index (χ4v) is 6.19. The molecule has 4 rings (SSSR count). The van der Waals surface area contributed by atoms with E-state index in [1.165, 1.54) is 28.8 Å². The lowest BCUT2D eigenvalue weighted by atomic mass is 9.96. The number of rotatable bonds is 13. The predicted molar refractivity (Wildman–Crippen MR) is 173 cm³/mol. The van der Waals surface area contributed by atoms with E-state index < -0.39 is 47.9 Å². The molecular weight excluding hydrogens is 588 g/mol. The van der Waals surface area contributed by atoms with Gasteiger partial charge in [0, 0.05) is 26.6 Å². The lowest BCUT2D eigenvalue weighted by molar-refractivity contribution is -0.158. The van der Waals surface area contributed by atoms with E-state index in [-0.39, 0.29) is 30.9 Å². The molecule has 0 spiro atoms. The quantitative estimate of drug-likeness (QED) is 0.341. The van der Waals surface area contributed by atoms with Crippen LogP contribution in [0.5, 0.6) is 0 Å². The van der Waals surface area contributed by atoms with Crippen molar-refractivity contribution < 1.29 is 33.8 Å². The number of fused-ring (bicyclic) bond motifs is 3. The van der Waals surface area contributed by atoms with Gasteiger partial charge in [0.1, 0.15) is 24.7 Å². The van der Waals surface area contributed by atoms with Crippen LogP contribution in [-0.4, -0.2) is 102 Å². The Balaban J connectivity index is 1.44. The fourth-order valence-electron chi connectivity index (χ4n) is 6.19. The second-order valence-corrected chi connectivity index (χ2v) is 12.9. The Hall–Kier alpha value is -4.41. The van der Waals surface area contributed by atoms with Gasteiger partial charge in [-0.05, 0) is 46.9 Å². The Morgan fingerprint density at radius 3 is 2.07 bits per heavy atom. The Morgan fingerprint density at radius 2 is 1.57 bits per heavy atom. The van der Waals surface area contributed by atoms with Crippen molar-refractivity contribution in [2.24, 2.45) is 11.8 Å². The van der Waals surface area contributed by atoms with Gasteiger partial charge < -0.3 is 25.0 Å². The average Bonchev–Trinajstić information content (AvgIpc) is 3.32. The number of likely N-dealkylation sites (N-methyl/N-ethyl adjacent to an activating group) is 2. The van der Waals surface area contributed by atoms with Crippen molar-refractivity contribution in [2.75, 3.05) is 33.8 Å². The molecule has 1 heterocycles. The minimum atomic E-state index is -1.07. The highest BCUT2D eigenvalue weighted by Crippen LogP contribution is 2.44. The predicted octanol–water partition coefficient (Wildman–Crippen LogP) is 3.96. The van der Waals surface area contributed by atoms with E-state index >= 15 is 0 Å². The molecule has 2 aliphatic rings. The van der Waals surface area contributed by atoms with E-state index in [0.717, 1.165) is 22.3 Å². The maximum absolute atomic E-state index is 13.8. The lowest BCUT2D eigenvalue weighted by Gasteiger charge is -2.39. The summed E-state index contributed by atoms with van der Waals surface area (Å²) in [4.78, 5) is 68.7. The van der Waals surface area contributed by atoms with Gasteiger partial charge in [0.15, 0.2) is 0 Å². The number of amides is 4. The number of carboxylic acids is 1. The topological polar surface area (TPSA) is 137 Å². The summed E-state index contributed by atoms with van der Waals surface area (Å²) >= 11 is 0. The van der Waals surface area contributed by atoms with Crippen LogP contribution in [0.15, 0.2) is 48.5 Å². The van der Waals surface area contributed by atoms with Crippen molar-refractivity contribution in [1.82, 2.24) is 20.0 Å². The first-order chi connectivity index (χ1) is 21.8. The first-order valence-corrected chi connectivity index (χ1v) is 16.0. The number of hydrogen-bond acceptors (Lipinski definition) is 6. The zero-order valence-corrected chi connectivity index (χ0v) is 27.6. The summed E-state index contributed by atoms with van der Waals surface area (Å²) in [5, 5.41) is 12.2. The molecule has 2 N–H and O–H groups in total. The van der Waals surface area contributed by atoms with Gasteiger partial charge >= 0.3 is 12.1 Å². The number of carboxylic acid groups (broad SMARTS) is 1. The van der Waals surface area contributed by atoms with E-state index in [1.807, 2.05) is 64.1 Å². The summed E-state index contributed by atoms with van der Waals surface area (Å²) in [5.74, 6) is -2.84. The van der Waals surface area contributed by atoms with Gasteiger partial charge in [0.25, 0.3) is 0 Å². The van der Waals surface area contributed by atoms with Crippen LogP contribution in [0.2, 0.25) is 0 Å². The first kappa shape index (κ1) is 34.5. The van der Waals surface area contributed by atoms with E-state index in [4.69, 9.17) is 4.74 Å². The van der Waals surface area contributed by atoms with Gasteiger partial charge in [0.2, 0.25) is 17.7 Å². The molecule has 11 heteroatoms. The molecule has 1 aliphatic carbocycles. The summed E-state index contributed by atoms with van der Waals surface area (Å²) < 4.78 is 5.83. The van der Waals surface area contributed by atoms with Crippen molar-refractivity contribution in [3.8, 4) is 11.1 Å². The molecule has 0 bridgehead atoms. The average molecular weight is 635 g/mol. The third kappa shape index (κ3) is 7.35. The molecule has 2 aromatic rings. The fraction of sp³-hybridized carbons (Fsp3) is 0.514. The summed E-state index contributed by atoms with van der Waals surface area (Å²) in [7, 11) is 2.99. The number of hydrogen-bond donors (Lipinski definition) is 2. The molecule has 0 radical (unpaired) electrons.